The fourth-order valence-corrected chi connectivity index (χ4v) is 0. The van der Waals surface area contributed by atoms with Crippen molar-refractivity contribution in [2.24, 2.45) is 0 Å². The van der Waals surface area contributed by atoms with Crippen LogP contribution in [0.5, 0.6) is 0 Å². The van der Waals surface area contributed by atoms with Crippen molar-refractivity contribution >= 4 is 58.6 Å². The van der Waals surface area contributed by atoms with E-state index in [1.165, 1.54) is 0 Å². The van der Waals surface area contributed by atoms with Crippen LogP contribution in [0.25, 0.3) is 0 Å². The zero-order valence-electron chi connectivity index (χ0n) is 2.19. The second kappa shape index (κ2) is 21.2. The van der Waals surface area contributed by atoms with Gasteiger partial charge in [-0.05, 0) is 0 Å². The van der Waals surface area contributed by atoms with Crippen LogP contribution in [0.2, 0.25) is 0 Å². The van der Waals surface area contributed by atoms with E-state index in [0.717, 1.165) is 0 Å². The largest absolute Gasteiger partial charge is 0.344 e. The molecule has 0 aliphatic carbocycles. The van der Waals surface area contributed by atoms with E-state index in [-0.39, 0.29) is 64.8 Å². The Morgan fingerprint density at radius 3 is 1.00 bits per heavy atom. The van der Waals surface area contributed by atoms with Crippen LogP contribution in [0, 0.1) is 0 Å². The minimum Gasteiger partial charge on any atom is -0.344 e. The summed E-state index contributed by atoms with van der Waals surface area (Å²) in [6.07, 6.45) is 0. The third-order valence-corrected chi connectivity index (χ3v) is 0. The van der Waals surface area contributed by atoms with Gasteiger partial charge in [-0.25, -0.2) is 0 Å². The molecule has 0 atom stereocenters. The van der Waals surface area contributed by atoms with Crippen molar-refractivity contribution in [3.05, 3.63) is 0 Å². The van der Waals surface area contributed by atoms with Gasteiger partial charge in [0, 0.05) is 58.6 Å². The molecule has 9 radical (unpaired) electrons. The van der Waals surface area contributed by atoms with Crippen molar-refractivity contribution in [2.45, 2.75) is 0 Å². The van der Waals surface area contributed by atoms with Gasteiger partial charge in [-0.2, -0.15) is 0 Å². The van der Waals surface area contributed by atoms with E-state index in [2.05, 4.69) is 0 Å². The topological polar surface area (TPSA) is 35.0 Å². The van der Waals surface area contributed by atoms with Crippen molar-refractivity contribution in [3.63, 3.8) is 0 Å². The van der Waals surface area contributed by atoms with E-state index in [1.54, 1.807) is 0 Å². The van der Waals surface area contributed by atoms with E-state index < -0.39 is 0 Å². The van der Waals surface area contributed by atoms with Gasteiger partial charge in [-0.3, -0.25) is 0 Å². The Balaban J connectivity index is 0. The third kappa shape index (κ3) is 9.17. The molecule has 0 fully saturated rings. The summed E-state index contributed by atoms with van der Waals surface area (Å²) in [5, 5.41) is 0. The summed E-state index contributed by atoms with van der Waals surface area (Å²) < 4.78 is 0. The predicted octanol–water partition coefficient (Wildman–Crippen LogP) is -0.980. The number of hydrogen-bond acceptors (Lipinski definition) is 1. The number of rotatable bonds is 0. The van der Waals surface area contributed by atoms with E-state index in [0.29, 0.717) is 0 Å². The Hall–Kier alpha value is 1.82. The smallest absolute Gasteiger partial charge is 0 e. The Labute approximate surface area is 64.3 Å². The van der Waals surface area contributed by atoms with Crippen LogP contribution in [-0.2, 0) is 0 Å². The molecule has 0 bridgehead atoms. The molecule has 4 heteroatoms. The Morgan fingerprint density at radius 2 is 1.00 bits per heavy atom. The van der Waals surface area contributed by atoms with E-state index in [4.69, 9.17) is 0 Å². The van der Waals surface area contributed by atoms with Crippen LogP contribution in [0.4, 0.5) is 0 Å². The fourth-order valence-electron chi connectivity index (χ4n) is 0. The van der Waals surface area contributed by atoms with Crippen LogP contribution in [-0.4, -0.2) is 58.6 Å². The third-order valence-electron chi connectivity index (χ3n) is 0. The van der Waals surface area contributed by atoms with E-state index in [1.807, 2.05) is 0 Å². The zero-order valence-corrected chi connectivity index (χ0v) is 7.78. The minimum absolute atomic E-state index is 0. The van der Waals surface area contributed by atoms with Gasteiger partial charge in [-0.15, -0.1) is 0 Å². The van der Waals surface area contributed by atoms with Crippen molar-refractivity contribution < 1.29 is 0 Å². The molecular formula is H3AlGeNTe. The Bertz CT molecular complexity index is 8.00. The van der Waals surface area contributed by atoms with Crippen LogP contribution in [0.15, 0.2) is 0 Å². The molecule has 0 spiro atoms. The fraction of sp³-hybridized carbons (Fsp3) is 0. The van der Waals surface area contributed by atoms with Crippen LogP contribution < -0.4 is 6.15 Å². The Kier molecular flexibility index (Phi) is 216. The summed E-state index contributed by atoms with van der Waals surface area (Å²) in [7, 11) is 0. The second-order valence-electron chi connectivity index (χ2n) is 0. The molecule has 3 N–H and O–H groups in total. The van der Waals surface area contributed by atoms with Gasteiger partial charge in [0.2, 0.25) is 0 Å². The van der Waals surface area contributed by atoms with E-state index >= 15 is 0 Å². The van der Waals surface area contributed by atoms with Crippen molar-refractivity contribution in [1.82, 2.24) is 6.15 Å². The summed E-state index contributed by atoms with van der Waals surface area (Å²) >= 11 is 0. The molecule has 0 rings (SSSR count). The first-order chi connectivity index (χ1) is 0. The molecule has 0 amide bonds. The molecule has 21 valence electrons. The maximum atomic E-state index is 0. The molecule has 0 heterocycles. The maximum Gasteiger partial charge on any atom is 0 e. The van der Waals surface area contributed by atoms with Crippen LogP contribution >= 0.6 is 0 Å². The van der Waals surface area contributed by atoms with Gasteiger partial charge in [0.1, 0.15) is 0 Å². The minimum atomic E-state index is 0. The van der Waals surface area contributed by atoms with Gasteiger partial charge in [-0.1, -0.05) is 0 Å². The molecule has 0 saturated carbocycles. The quantitative estimate of drug-likeness (QED) is 0.546. The van der Waals surface area contributed by atoms with Crippen LogP contribution in [0.3, 0.4) is 0 Å². The summed E-state index contributed by atoms with van der Waals surface area (Å²) in [6, 6.07) is 0. The SMILES string of the molecule is N.[Al].[Ge].[Te]. The number of hydrogen-bond donors (Lipinski definition) is 1. The normalized spacial score (nSPS) is 0. The molecule has 0 aliphatic rings. The average molecular weight is 244 g/mol. The van der Waals surface area contributed by atoms with E-state index in [9.17, 15) is 0 Å². The predicted molar refractivity (Wildman–Crippen MR) is 22.3 cm³/mol. The summed E-state index contributed by atoms with van der Waals surface area (Å²) in [5.41, 5.74) is 0. The standard InChI is InChI=1S/Al.Ge.H3N.Te/h;;1H3;. The zero-order chi connectivity index (χ0) is 0. The molecule has 0 aromatic rings. The first-order valence-corrected chi connectivity index (χ1v) is 0. The first kappa shape index (κ1) is 40.7. The molecule has 0 aliphatic heterocycles. The molecule has 0 aromatic carbocycles. The summed E-state index contributed by atoms with van der Waals surface area (Å²) in [4.78, 5) is 0. The molecule has 1 nitrogen and oxygen atoms in total. The van der Waals surface area contributed by atoms with Crippen molar-refractivity contribution in [3.8, 4) is 0 Å². The van der Waals surface area contributed by atoms with Gasteiger partial charge in [0.05, 0.1) is 0 Å². The summed E-state index contributed by atoms with van der Waals surface area (Å²) in [6.45, 7) is 0. The van der Waals surface area contributed by atoms with Crippen LogP contribution in [0.1, 0.15) is 0 Å². The molecule has 4 heavy (non-hydrogen) atoms. The molecule has 0 saturated heterocycles. The van der Waals surface area contributed by atoms with Gasteiger partial charge in [0.25, 0.3) is 0 Å². The molecule has 0 unspecified atom stereocenters. The summed E-state index contributed by atoms with van der Waals surface area (Å²) in [5.74, 6) is 0. The molecular weight excluding hydrogens is 241 g/mol. The van der Waals surface area contributed by atoms with Crippen molar-refractivity contribution in [2.75, 3.05) is 0 Å². The molecule has 0 aromatic heterocycles. The Morgan fingerprint density at radius 1 is 1.00 bits per heavy atom. The monoisotopic (exact) mass is 248 g/mol. The second-order valence-corrected chi connectivity index (χ2v) is 0. The maximum absolute atomic E-state index is 0. The van der Waals surface area contributed by atoms with Crippen molar-refractivity contribution in [1.29, 1.82) is 0 Å². The first-order valence-electron chi connectivity index (χ1n) is 0. The average Bonchev–Trinajstić information content (AvgIpc) is 0. The van der Waals surface area contributed by atoms with Gasteiger partial charge >= 0.3 is 0 Å². The van der Waals surface area contributed by atoms with Gasteiger partial charge < -0.3 is 6.15 Å². The van der Waals surface area contributed by atoms with Gasteiger partial charge in [0.15, 0.2) is 0 Å².